The molecule has 2 aliphatic rings. The van der Waals surface area contributed by atoms with Crippen LogP contribution in [0.2, 0.25) is 0 Å². The third-order valence-electron chi connectivity index (χ3n) is 4.50. The highest BCUT2D eigenvalue weighted by molar-refractivity contribution is 7.89. The van der Waals surface area contributed by atoms with Crippen molar-refractivity contribution in [3.05, 3.63) is 16.3 Å². The average molecular weight is 329 g/mol. The normalized spacial score (nSPS) is 27.9. The van der Waals surface area contributed by atoms with Crippen LogP contribution in [0.5, 0.6) is 0 Å². The van der Waals surface area contributed by atoms with Crippen LogP contribution < -0.4 is 5.32 Å². The number of hydrogen-bond donors (Lipinski definition) is 1. The maximum Gasteiger partial charge on any atom is 0.244 e. The third-order valence-corrected chi connectivity index (χ3v) is 7.76. The summed E-state index contributed by atoms with van der Waals surface area (Å²) >= 11 is 1.54. The molecule has 21 heavy (non-hydrogen) atoms. The lowest BCUT2D eigenvalue weighted by atomic mass is 10.0. The van der Waals surface area contributed by atoms with E-state index in [1.54, 1.807) is 21.7 Å². The Morgan fingerprint density at radius 1 is 1.24 bits per heavy atom. The van der Waals surface area contributed by atoms with Crippen LogP contribution in [0.1, 0.15) is 50.8 Å². The minimum absolute atomic E-state index is 0.0999. The van der Waals surface area contributed by atoms with Crippen molar-refractivity contribution in [2.45, 2.75) is 75.5 Å². The van der Waals surface area contributed by atoms with Gasteiger partial charge in [0.25, 0.3) is 0 Å². The molecule has 1 aromatic heterocycles. The number of hydrogen-bond acceptors (Lipinski definition) is 4. The number of sulfonamides is 1. The van der Waals surface area contributed by atoms with Crippen LogP contribution in [0.3, 0.4) is 0 Å². The summed E-state index contributed by atoms with van der Waals surface area (Å²) in [6.45, 7) is 4.73. The Bertz CT molecular complexity index is 583. The predicted octanol–water partition coefficient (Wildman–Crippen LogP) is 2.95. The molecule has 1 saturated carbocycles. The SMILES string of the molecule is C[C@@H]1CCC[C@H](C)N1S(=O)(=O)c1ccsc1CNC1CC1. The Kier molecular flexibility index (Phi) is 4.41. The van der Waals surface area contributed by atoms with Crippen LogP contribution in [0, 0.1) is 0 Å². The van der Waals surface area contributed by atoms with Gasteiger partial charge >= 0.3 is 0 Å². The van der Waals surface area contributed by atoms with Crippen LogP contribution in [0.15, 0.2) is 16.3 Å². The van der Waals surface area contributed by atoms with Gasteiger partial charge in [-0.2, -0.15) is 4.31 Å². The van der Waals surface area contributed by atoms with Gasteiger partial charge in [-0.05, 0) is 51.0 Å². The Balaban J connectivity index is 1.84. The van der Waals surface area contributed by atoms with Crippen molar-refractivity contribution in [3.8, 4) is 0 Å². The van der Waals surface area contributed by atoms with Crippen molar-refractivity contribution in [2.24, 2.45) is 0 Å². The third kappa shape index (κ3) is 3.18. The summed E-state index contributed by atoms with van der Waals surface area (Å²) < 4.78 is 27.8. The fourth-order valence-corrected chi connectivity index (χ4v) is 6.45. The standard InChI is InChI=1S/C15H24N2O2S2/c1-11-4-3-5-12(2)17(11)21(18,19)15-8-9-20-14(15)10-16-13-6-7-13/h8-9,11-13,16H,3-7,10H2,1-2H3/t11-,12+. The molecule has 0 spiro atoms. The molecular formula is C15H24N2O2S2. The molecule has 2 atom stereocenters. The van der Waals surface area contributed by atoms with Crippen LogP contribution in [-0.4, -0.2) is 30.8 Å². The van der Waals surface area contributed by atoms with Crippen molar-refractivity contribution in [3.63, 3.8) is 0 Å². The molecule has 0 bridgehead atoms. The Labute approximate surface area is 131 Å². The largest absolute Gasteiger partial charge is 0.309 e. The van der Waals surface area contributed by atoms with E-state index in [0.717, 1.165) is 24.1 Å². The van der Waals surface area contributed by atoms with Crippen molar-refractivity contribution in [2.75, 3.05) is 0 Å². The summed E-state index contributed by atoms with van der Waals surface area (Å²) in [7, 11) is -3.37. The highest BCUT2D eigenvalue weighted by Gasteiger charge is 2.37. The first-order valence-corrected chi connectivity index (χ1v) is 10.2. The molecule has 4 nitrogen and oxygen atoms in total. The summed E-state index contributed by atoms with van der Waals surface area (Å²) in [5, 5.41) is 5.32. The zero-order chi connectivity index (χ0) is 15.0. The van der Waals surface area contributed by atoms with Gasteiger partial charge in [0.05, 0.1) is 4.90 Å². The lowest BCUT2D eigenvalue weighted by Crippen LogP contribution is -2.47. The summed E-state index contributed by atoms with van der Waals surface area (Å²) in [6.07, 6.45) is 5.47. The summed E-state index contributed by atoms with van der Waals surface area (Å²) in [4.78, 5) is 1.47. The number of nitrogens with one attached hydrogen (secondary N) is 1. The molecule has 118 valence electrons. The van der Waals surface area contributed by atoms with Crippen LogP contribution >= 0.6 is 11.3 Å². The number of piperidine rings is 1. The van der Waals surface area contributed by atoms with Gasteiger partial charge in [0, 0.05) is 29.5 Å². The van der Waals surface area contributed by atoms with Crippen LogP contribution in [0.25, 0.3) is 0 Å². The molecule has 6 heteroatoms. The van der Waals surface area contributed by atoms with Crippen LogP contribution in [0.4, 0.5) is 0 Å². The minimum atomic E-state index is -3.37. The highest BCUT2D eigenvalue weighted by Crippen LogP contribution is 2.33. The molecular weight excluding hydrogens is 304 g/mol. The van der Waals surface area contributed by atoms with Crippen molar-refractivity contribution in [1.82, 2.24) is 9.62 Å². The zero-order valence-electron chi connectivity index (χ0n) is 12.7. The first-order valence-electron chi connectivity index (χ1n) is 7.83. The maximum absolute atomic E-state index is 13.1. The number of rotatable bonds is 5. The highest BCUT2D eigenvalue weighted by atomic mass is 32.2. The first kappa shape index (κ1) is 15.5. The molecule has 1 aliphatic carbocycles. The molecule has 1 aliphatic heterocycles. The van der Waals surface area contributed by atoms with E-state index >= 15 is 0 Å². The molecule has 1 saturated heterocycles. The summed E-state index contributed by atoms with van der Waals surface area (Å²) in [6, 6.07) is 2.57. The summed E-state index contributed by atoms with van der Waals surface area (Å²) in [5.41, 5.74) is 0. The van der Waals surface area contributed by atoms with E-state index in [4.69, 9.17) is 0 Å². The summed E-state index contributed by atoms with van der Waals surface area (Å²) in [5.74, 6) is 0. The van der Waals surface area contributed by atoms with E-state index in [2.05, 4.69) is 5.32 Å². The van der Waals surface area contributed by atoms with Gasteiger partial charge in [-0.15, -0.1) is 11.3 Å². The van der Waals surface area contributed by atoms with Gasteiger partial charge in [0.1, 0.15) is 0 Å². The molecule has 3 rings (SSSR count). The fraction of sp³-hybridized carbons (Fsp3) is 0.733. The Morgan fingerprint density at radius 3 is 2.52 bits per heavy atom. The fourth-order valence-electron chi connectivity index (χ4n) is 3.20. The van der Waals surface area contributed by atoms with Crippen LogP contribution in [-0.2, 0) is 16.6 Å². The Hall–Kier alpha value is -0.430. The minimum Gasteiger partial charge on any atom is -0.309 e. The quantitative estimate of drug-likeness (QED) is 0.904. The van der Waals surface area contributed by atoms with Gasteiger partial charge in [-0.3, -0.25) is 0 Å². The molecule has 0 radical (unpaired) electrons. The van der Waals surface area contributed by atoms with Crippen molar-refractivity contribution in [1.29, 1.82) is 0 Å². The molecule has 2 fully saturated rings. The Morgan fingerprint density at radius 2 is 1.90 bits per heavy atom. The average Bonchev–Trinajstić information content (AvgIpc) is 3.12. The smallest absolute Gasteiger partial charge is 0.244 e. The van der Waals surface area contributed by atoms with Gasteiger partial charge < -0.3 is 5.32 Å². The molecule has 2 heterocycles. The zero-order valence-corrected chi connectivity index (χ0v) is 14.3. The second kappa shape index (κ2) is 5.99. The topological polar surface area (TPSA) is 49.4 Å². The molecule has 0 aromatic carbocycles. The first-order chi connectivity index (χ1) is 10.00. The van der Waals surface area contributed by atoms with E-state index in [0.29, 0.717) is 17.5 Å². The van der Waals surface area contributed by atoms with E-state index in [9.17, 15) is 8.42 Å². The van der Waals surface area contributed by atoms with Gasteiger partial charge in [-0.1, -0.05) is 6.42 Å². The molecule has 1 N–H and O–H groups in total. The lowest BCUT2D eigenvalue weighted by molar-refractivity contribution is 0.204. The van der Waals surface area contributed by atoms with Gasteiger partial charge in [-0.25, -0.2) is 8.42 Å². The lowest BCUT2D eigenvalue weighted by Gasteiger charge is -2.37. The predicted molar refractivity (Wildman–Crippen MR) is 86.0 cm³/mol. The maximum atomic E-state index is 13.1. The van der Waals surface area contributed by atoms with Gasteiger partial charge in [0.15, 0.2) is 0 Å². The van der Waals surface area contributed by atoms with Crippen molar-refractivity contribution < 1.29 is 8.42 Å². The molecule has 0 unspecified atom stereocenters. The number of nitrogens with zero attached hydrogens (tertiary/aromatic N) is 1. The number of thiophene rings is 1. The van der Waals surface area contributed by atoms with E-state index in [1.165, 1.54) is 12.8 Å². The van der Waals surface area contributed by atoms with E-state index < -0.39 is 10.0 Å². The second-order valence-corrected chi connectivity index (χ2v) is 9.14. The second-order valence-electron chi connectivity index (χ2n) is 6.33. The molecule has 0 amide bonds. The molecule has 1 aromatic rings. The van der Waals surface area contributed by atoms with Crippen molar-refractivity contribution >= 4 is 21.4 Å². The van der Waals surface area contributed by atoms with E-state index in [-0.39, 0.29) is 12.1 Å². The van der Waals surface area contributed by atoms with E-state index in [1.807, 2.05) is 19.2 Å². The monoisotopic (exact) mass is 328 g/mol. The van der Waals surface area contributed by atoms with Gasteiger partial charge in [0.2, 0.25) is 10.0 Å².